The molecule has 26 heavy (non-hydrogen) atoms. The minimum absolute atomic E-state index is 0.0662. The van der Waals surface area contributed by atoms with Crippen molar-refractivity contribution in [2.75, 3.05) is 13.2 Å². The molecule has 0 saturated carbocycles. The Balaban J connectivity index is 1.48. The molecule has 7 heteroatoms. The zero-order chi connectivity index (χ0) is 18.2. The van der Waals surface area contributed by atoms with E-state index in [4.69, 9.17) is 14.2 Å². The highest BCUT2D eigenvalue weighted by Crippen LogP contribution is 2.26. The van der Waals surface area contributed by atoms with Crippen LogP contribution < -0.4 is 14.2 Å². The van der Waals surface area contributed by atoms with Crippen LogP contribution in [0.5, 0.6) is 23.1 Å². The van der Waals surface area contributed by atoms with Crippen LogP contribution in [0.3, 0.4) is 0 Å². The molecule has 1 aromatic heterocycles. The van der Waals surface area contributed by atoms with Crippen LogP contribution >= 0.6 is 0 Å². The average molecular weight is 352 g/mol. The summed E-state index contributed by atoms with van der Waals surface area (Å²) in [4.78, 5) is 14.5. The smallest absolute Gasteiger partial charge is 0.310 e. The summed E-state index contributed by atoms with van der Waals surface area (Å²) in [5.74, 6) is 2.02. The number of hydrogen-bond acceptors (Lipinski definition) is 6. The van der Waals surface area contributed by atoms with Crippen molar-refractivity contribution in [1.29, 1.82) is 0 Å². The molecule has 0 amide bonds. The molecule has 0 aliphatic heterocycles. The second-order valence-electron chi connectivity index (χ2n) is 5.16. The average Bonchev–Trinajstić information content (AvgIpc) is 2.67. The third-order valence-electron chi connectivity index (χ3n) is 3.36. The van der Waals surface area contributed by atoms with Crippen LogP contribution in [0, 0.1) is 10.1 Å². The zero-order valence-electron chi connectivity index (χ0n) is 13.8. The molecule has 0 saturated heterocycles. The molecule has 0 N–H and O–H groups in total. The molecule has 0 spiro atoms. The maximum Gasteiger partial charge on any atom is 0.310 e. The summed E-state index contributed by atoms with van der Waals surface area (Å²) in [5, 5.41) is 10.9. The van der Waals surface area contributed by atoms with Crippen LogP contribution in [-0.2, 0) is 0 Å². The number of benzene rings is 2. The molecule has 0 fully saturated rings. The quantitative estimate of drug-likeness (QED) is 0.342. The molecular formula is C19H16N2O5. The van der Waals surface area contributed by atoms with Crippen LogP contribution in [-0.4, -0.2) is 23.1 Å². The normalized spacial score (nSPS) is 10.2. The number of aromatic nitrogens is 1. The molecule has 1 heterocycles. The third kappa shape index (κ3) is 4.70. The first kappa shape index (κ1) is 17.2. The Morgan fingerprint density at radius 3 is 2.27 bits per heavy atom. The summed E-state index contributed by atoms with van der Waals surface area (Å²) in [6.45, 7) is 0.448. The number of nitro groups is 1. The summed E-state index contributed by atoms with van der Waals surface area (Å²) in [6.07, 6.45) is 1.66. The summed E-state index contributed by atoms with van der Waals surface area (Å²) < 4.78 is 16.6. The van der Waals surface area contributed by atoms with Crippen molar-refractivity contribution >= 4 is 5.69 Å². The number of ether oxygens (including phenoxy) is 3. The number of nitrogens with zero attached hydrogens (tertiary/aromatic N) is 2. The van der Waals surface area contributed by atoms with Gasteiger partial charge in [-0.3, -0.25) is 10.1 Å². The van der Waals surface area contributed by atoms with Crippen LogP contribution in [0.25, 0.3) is 0 Å². The number of hydrogen-bond donors (Lipinski definition) is 0. The van der Waals surface area contributed by atoms with E-state index in [1.807, 2.05) is 12.1 Å². The molecule has 0 radical (unpaired) electrons. The van der Waals surface area contributed by atoms with E-state index in [1.54, 1.807) is 54.7 Å². The summed E-state index contributed by atoms with van der Waals surface area (Å²) in [7, 11) is 0. The van der Waals surface area contributed by atoms with Crippen molar-refractivity contribution in [3.63, 3.8) is 0 Å². The lowest BCUT2D eigenvalue weighted by Crippen LogP contribution is -2.09. The Bertz CT molecular complexity index is 853. The molecule has 132 valence electrons. The minimum atomic E-state index is -0.476. The van der Waals surface area contributed by atoms with Crippen LogP contribution in [0.4, 0.5) is 5.69 Å². The van der Waals surface area contributed by atoms with E-state index in [9.17, 15) is 10.1 Å². The van der Waals surface area contributed by atoms with Crippen molar-refractivity contribution in [1.82, 2.24) is 4.98 Å². The SMILES string of the molecule is O=[N+]([O-])c1ccccc1OCCOc1ccc(Oc2ccccn2)cc1. The van der Waals surface area contributed by atoms with E-state index < -0.39 is 4.92 Å². The van der Waals surface area contributed by atoms with Crippen LogP contribution in [0.2, 0.25) is 0 Å². The van der Waals surface area contributed by atoms with Crippen LogP contribution in [0.1, 0.15) is 0 Å². The standard InChI is InChI=1S/C19H16N2O5/c22-21(23)17-5-1-2-6-18(17)25-14-13-24-15-8-10-16(11-9-15)26-19-7-3-4-12-20-19/h1-12H,13-14H2. The minimum Gasteiger partial charge on any atom is -0.490 e. The number of rotatable bonds is 8. The van der Waals surface area contributed by atoms with Gasteiger partial charge >= 0.3 is 5.69 Å². The topological polar surface area (TPSA) is 83.7 Å². The van der Waals surface area contributed by atoms with Gasteiger partial charge in [-0.2, -0.15) is 0 Å². The number of pyridine rings is 1. The van der Waals surface area contributed by atoms with E-state index in [2.05, 4.69) is 4.98 Å². The van der Waals surface area contributed by atoms with Gasteiger partial charge in [0.1, 0.15) is 24.7 Å². The Hall–Kier alpha value is -3.61. The Labute approximate surface area is 149 Å². The molecule has 3 rings (SSSR count). The lowest BCUT2D eigenvalue weighted by Gasteiger charge is -2.09. The van der Waals surface area contributed by atoms with Crippen molar-refractivity contribution in [3.05, 3.63) is 83.0 Å². The fraction of sp³-hybridized carbons (Fsp3) is 0.105. The molecule has 3 aromatic rings. The lowest BCUT2D eigenvalue weighted by atomic mass is 10.3. The molecule has 0 bridgehead atoms. The Morgan fingerprint density at radius 1 is 0.846 bits per heavy atom. The molecule has 0 aliphatic carbocycles. The lowest BCUT2D eigenvalue weighted by molar-refractivity contribution is -0.385. The Morgan fingerprint density at radius 2 is 1.54 bits per heavy atom. The van der Waals surface area contributed by atoms with Gasteiger partial charge in [-0.25, -0.2) is 4.98 Å². The van der Waals surface area contributed by atoms with Gasteiger partial charge in [0.25, 0.3) is 0 Å². The number of nitro benzene ring substituents is 1. The first-order valence-electron chi connectivity index (χ1n) is 7.90. The molecule has 2 aromatic carbocycles. The highest BCUT2D eigenvalue weighted by atomic mass is 16.6. The van der Waals surface area contributed by atoms with E-state index in [0.717, 1.165) is 0 Å². The Kier molecular flexibility index (Phi) is 5.61. The monoisotopic (exact) mass is 352 g/mol. The molecule has 0 atom stereocenters. The molecule has 0 unspecified atom stereocenters. The predicted molar refractivity (Wildman–Crippen MR) is 94.8 cm³/mol. The molecular weight excluding hydrogens is 336 g/mol. The van der Waals surface area contributed by atoms with Crippen LogP contribution in [0.15, 0.2) is 72.9 Å². The highest BCUT2D eigenvalue weighted by molar-refractivity contribution is 5.45. The van der Waals surface area contributed by atoms with Gasteiger partial charge in [0.15, 0.2) is 5.75 Å². The van der Waals surface area contributed by atoms with E-state index in [0.29, 0.717) is 17.4 Å². The van der Waals surface area contributed by atoms with Gasteiger partial charge in [0.05, 0.1) is 4.92 Å². The first-order chi connectivity index (χ1) is 12.7. The van der Waals surface area contributed by atoms with Gasteiger partial charge in [-0.05, 0) is 36.4 Å². The van der Waals surface area contributed by atoms with E-state index >= 15 is 0 Å². The van der Waals surface area contributed by atoms with Crippen molar-refractivity contribution < 1.29 is 19.1 Å². The second-order valence-corrected chi connectivity index (χ2v) is 5.16. The fourth-order valence-electron chi connectivity index (χ4n) is 2.17. The highest BCUT2D eigenvalue weighted by Gasteiger charge is 2.13. The first-order valence-corrected chi connectivity index (χ1v) is 7.90. The summed E-state index contributed by atoms with van der Waals surface area (Å²) >= 11 is 0. The maximum atomic E-state index is 10.9. The van der Waals surface area contributed by atoms with Gasteiger partial charge in [-0.1, -0.05) is 18.2 Å². The van der Waals surface area contributed by atoms with Gasteiger partial charge in [0.2, 0.25) is 5.88 Å². The largest absolute Gasteiger partial charge is 0.490 e. The van der Waals surface area contributed by atoms with E-state index in [-0.39, 0.29) is 24.7 Å². The van der Waals surface area contributed by atoms with E-state index in [1.165, 1.54) is 6.07 Å². The maximum absolute atomic E-state index is 10.9. The summed E-state index contributed by atoms with van der Waals surface area (Å²) in [5.41, 5.74) is -0.0662. The molecule has 0 aliphatic rings. The zero-order valence-corrected chi connectivity index (χ0v) is 13.8. The fourth-order valence-corrected chi connectivity index (χ4v) is 2.17. The van der Waals surface area contributed by atoms with Crippen molar-refractivity contribution in [2.24, 2.45) is 0 Å². The van der Waals surface area contributed by atoms with Crippen molar-refractivity contribution in [2.45, 2.75) is 0 Å². The van der Waals surface area contributed by atoms with Crippen molar-refractivity contribution in [3.8, 4) is 23.1 Å². The number of para-hydroxylation sites is 2. The summed E-state index contributed by atoms with van der Waals surface area (Å²) in [6, 6.07) is 18.7. The molecule has 7 nitrogen and oxygen atoms in total. The third-order valence-corrected chi connectivity index (χ3v) is 3.36. The van der Waals surface area contributed by atoms with Gasteiger partial charge in [-0.15, -0.1) is 0 Å². The van der Waals surface area contributed by atoms with Gasteiger partial charge < -0.3 is 14.2 Å². The van der Waals surface area contributed by atoms with Gasteiger partial charge in [0, 0.05) is 18.3 Å². The second kappa shape index (κ2) is 8.48. The predicted octanol–water partition coefficient (Wildman–Crippen LogP) is 4.24.